The molecule has 0 heterocycles. The Morgan fingerprint density at radius 3 is 2.31 bits per heavy atom. The number of aliphatic hydroxyl groups is 1. The Kier molecular flexibility index (Phi) is 5.27. The highest BCUT2D eigenvalue weighted by atomic mass is 19.4. The van der Waals surface area contributed by atoms with Crippen molar-refractivity contribution in [3.05, 3.63) is 0 Å². The summed E-state index contributed by atoms with van der Waals surface area (Å²) < 4.78 is 40.2. The second-order valence-electron chi connectivity index (χ2n) is 2.69. The minimum absolute atomic E-state index is 0.159. The first-order chi connectivity index (χ1) is 5.91. The molecule has 0 radical (unpaired) electrons. The van der Waals surface area contributed by atoms with Gasteiger partial charge in [0.25, 0.3) is 0 Å². The van der Waals surface area contributed by atoms with Crippen LogP contribution in [-0.2, 0) is 4.74 Å². The van der Waals surface area contributed by atoms with Crippen LogP contribution in [0.25, 0.3) is 0 Å². The Morgan fingerprint density at radius 1 is 1.46 bits per heavy atom. The van der Waals surface area contributed by atoms with Crippen molar-refractivity contribution in [2.45, 2.75) is 25.2 Å². The standard InChI is InChI=1S/C7H14F3NO2/c1-5(7(8,9)10)13-4-6(3-12)11-2/h5-6,11-12H,3-4H2,1-2H3. The van der Waals surface area contributed by atoms with E-state index in [1.807, 2.05) is 0 Å². The van der Waals surface area contributed by atoms with Crippen molar-refractivity contribution in [2.75, 3.05) is 20.3 Å². The topological polar surface area (TPSA) is 41.5 Å². The van der Waals surface area contributed by atoms with E-state index in [-0.39, 0.29) is 13.2 Å². The van der Waals surface area contributed by atoms with Crippen molar-refractivity contribution in [1.82, 2.24) is 5.32 Å². The van der Waals surface area contributed by atoms with Crippen LogP contribution in [0.2, 0.25) is 0 Å². The van der Waals surface area contributed by atoms with Crippen LogP contribution < -0.4 is 5.32 Å². The fourth-order valence-corrected chi connectivity index (χ4v) is 0.582. The van der Waals surface area contributed by atoms with Crippen LogP contribution >= 0.6 is 0 Å². The van der Waals surface area contributed by atoms with E-state index >= 15 is 0 Å². The molecule has 0 amide bonds. The summed E-state index contributed by atoms with van der Waals surface area (Å²) in [6.45, 7) is 0.527. The molecular weight excluding hydrogens is 187 g/mol. The van der Waals surface area contributed by atoms with Gasteiger partial charge < -0.3 is 15.2 Å². The molecule has 13 heavy (non-hydrogen) atoms. The summed E-state index contributed by atoms with van der Waals surface area (Å²) in [6, 6.07) is -0.454. The molecule has 0 aliphatic carbocycles. The van der Waals surface area contributed by atoms with Crippen molar-refractivity contribution in [3.63, 3.8) is 0 Å². The summed E-state index contributed by atoms with van der Waals surface area (Å²) in [4.78, 5) is 0. The van der Waals surface area contributed by atoms with Gasteiger partial charge in [-0.3, -0.25) is 0 Å². The predicted molar refractivity (Wildman–Crippen MR) is 41.4 cm³/mol. The molecule has 0 aliphatic rings. The Morgan fingerprint density at radius 2 is 2.00 bits per heavy atom. The highest BCUT2D eigenvalue weighted by Crippen LogP contribution is 2.22. The third-order valence-corrected chi connectivity index (χ3v) is 1.64. The van der Waals surface area contributed by atoms with Crippen LogP contribution in [0, 0.1) is 0 Å². The fourth-order valence-electron chi connectivity index (χ4n) is 0.582. The van der Waals surface area contributed by atoms with Gasteiger partial charge in [0, 0.05) is 0 Å². The van der Waals surface area contributed by atoms with Gasteiger partial charge in [0.05, 0.1) is 19.3 Å². The van der Waals surface area contributed by atoms with Crippen molar-refractivity contribution in [2.24, 2.45) is 0 Å². The maximum absolute atomic E-state index is 11.9. The number of alkyl halides is 3. The number of nitrogens with one attached hydrogen (secondary N) is 1. The molecule has 2 N–H and O–H groups in total. The lowest BCUT2D eigenvalue weighted by molar-refractivity contribution is -0.216. The minimum atomic E-state index is -4.34. The molecule has 0 rings (SSSR count). The van der Waals surface area contributed by atoms with E-state index in [2.05, 4.69) is 10.1 Å². The lowest BCUT2D eigenvalue weighted by atomic mass is 10.3. The van der Waals surface area contributed by atoms with Crippen LogP contribution in [0.15, 0.2) is 0 Å². The number of likely N-dealkylation sites (N-methyl/N-ethyl adjacent to an activating group) is 1. The van der Waals surface area contributed by atoms with Gasteiger partial charge in [0.15, 0.2) is 6.10 Å². The third-order valence-electron chi connectivity index (χ3n) is 1.64. The molecular formula is C7H14F3NO2. The lowest BCUT2D eigenvalue weighted by Gasteiger charge is -2.19. The van der Waals surface area contributed by atoms with Crippen molar-refractivity contribution in [1.29, 1.82) is 0 Å². The molecule has 6 heteroatoms. The van der Waals surface area contributed by atoms with Gasteiger partial charge >= 0.3 is 6.18 Å². The Bertz CT molecular complexity index is 136. The first-order valence-electron chi connectivity index (χ1n) is 3.88. The van der Waals surface area contributed by atoms with Gasteiger partial charge in [-0.15, -0.1) is 0 Å². The van der Waals surface area contributed by atoms with E-state index in [9.17, 15) is 13.2 Å². The highest BCUT2D eigenvalue weighted by Gasteiger charge is 2.37. The first kappa shape index (κ1) is 12.7. The molecule has 0 aromatic rings. The summed E-state index contributed by atoms with van der Waals surface area (Å²) >= 11 is 0. The molecule has 0 bridgehead atoms. The molecule has 80 valence electrons. The zero-order valence-corrected chi connectivity index (χ0v) is 7.56. The minimum Gasteiger partial charge on any atom is -0.395 e. The monoisotopic (exact) mass is 201 g/mol. The SMILES string of the molecule is CNC(CO)COC(C)C(F)(F)F. The van der Waals surface area contributed by atoms with Gasteiger partial charge in [0.2, 0.25) is 0 Å². The fraction of sp³-hybridized carbons (Fsp3) is 1.00. The second kappa shape index (κ2) is 5.41. The maximum Gasteiger partial charge on any atom is 0.414 e. The van der Waals surface area contributed by atoms with Crippen LogP contribution in [0.3, 0.4) is 0 Å². The molecule has 0 aromatic heterocycles. The van der Waals surface area contributed by atoms with Gasteiger partial charge in [-0.05, 0) is 14.0 Å². The van der Waals surface area contributed by atoms with Crippen molar-refractivity contribution < 1.29 is 23.0 Å². The zero-order chi connectivity index (χ0) is 10.5. The average Bonchev–Trinajstić information content (AvgIpc) is 2.04. The smallest absolute Gasteiger partial charge is 0.395 e. The number of rotatable bonds is 5. The van der Waals surface area contributed by atoms with Crippen LogP contribution in [-0.4, -0.2) is 43.7 Å². The number of aliphatic hydroxyl groups excluding tert-OH is 1. The molecule has 0 aromatic carbocycles. The average molecular weight is 201 g/mol. The summed E-state index contributed by atoms with van der Waals surface area (Å²) in [6.07, 6.45) is -6.14. The molecule has 0 saturated heterocycles. The van der Waals surface area contributed by atoms with Crippen LogP contribution in [0.1, 0.15) is 6.92 Å². The van der Waals surface area contributed by atoms with E-state index in [1.54, 1.807) is 7.05 Å². The molecule has 0 aliphatic heterocycles. The molecule has 0 spiro atoms. The van der Waals surface area contributed by atoms with Gasteiger partial charge in [0.1, 0.15) is 0 Å². The Hall–Kier alpha value is -0.330. The maximum atomic E-state index is 11.9. The largest absolute Gasteiger partial charge is 0.414 e. The van der Waals surface area contributed by atoms with Crippen LogP contribution in [0.4, 0.5) is 13.2 Å². The van der Waals surface area contributed by atoms with Crippen molar-refractivity contribution >= 4 is 0 Å². The summed E-state index contributed by atoms with van der Waals surface area (Å²) in [5.41, 5.74) is 0. The Balaban J connectivity index is 3.75. The van der Waals surface area contributed by atoms with Gasteiger partial charge in [-0.25, -0.2) is 0 Å². The van der Waals surface area contributed by atoms with E-state index < -0.39 is 18.3 Å². The number of halogens is 3. The highest BCUT2D eigenvalue weighted by molar-refractivity contribution is 4.65. The van der Waals surface area contributed by atoms with Gasteiger partial charge in [-0.2, -0.15) is 13.2 Å². The summed E-state index contributed by atoms with van der Waals surface area (Å²) in [7, 11) is 1.54. The Labute approximate surface area is 74.9 Å². The van der Waals surface area contributed by atoms with E-state index in [0.717, 1.165) is 6.92 Å². The molecule has 3 nitrogen and oxygen atoms in total. The van der Waals surface area contributed by atoms with E-state index in [0.29, 0.717) is 0 Å². The van der Waals surface area contributed by atoms with Gasteiger partial charge in [-0.1, -0.05) is 0 Å². The quantitative estimate of drug-likeness (QED) is 0.682. The summed E-state index contributed by atoms with van der Waals surface area (Å²) in [5.74, 6) is 0. The second-order valence-corrected chi connectivity index (χ2v) is 2.69. The molecule has 0 saturated carbocycles. The molecule has 2 atom stereocenters. The summed E-state index contributed by atoms with van der Waals surface area (Å²) in [5, 5.41) is 11.2. The normalized spacial score (nSPS) is 17.1. The van der Waals surface area contributed by atoms with E-state index in [1.165, 1.54) is 0 Å². The van der Waals surface area contributed by atoms with Crippen LogP contribution in [0.5, 0.6) is 0 Å². The van der Waals surface area contributed by atoms with E-state index in [4.69, 9.17) is 5.11 Å². The predicted octanol–water partition coefficient (Wildman–Crippen LogP) is 0.534. The number of hydrogen-bond donors (Lipinski definition) is 2. The molecule has 0 fully saturated rings. The lowest BCUT2D eigenvalue weighted by Crippen LogP contribution is -2.38. The molecule has 2 unspecified atom stereocenters. The number of ether oxygens (including phenoxy) is 1. The zero-order valence-electron chi connectivity index (χ0n) is 7.56. The van der Waals surface area contributed by atoms with Crippen molar-refractivity contribution in [3.8, 4) is 0 Å². The number of hydrogen-bond acceptors (Lipinski definition) is 3. The first-order valence-corrected chi connectivity index (χ1v) is 3.88. The third kappa shape index (κ3) is 5.07.